The van der Waals surface area contributed by atoms with Gasteiger partial charge in [-0.1, -0.05) is 12.1 Å². The van der Waals surface area contributed by atoms with Crippen LogP contribution in [0.15, 0.2) is 24.3 Å². The van der Waals surface area contributed by atoms with Crippen LogP contribution in [-0.4, -0.2) is 41.8 Å². The van der Waals surface area contributed by atoms with Gasteiger partial charge >= 0.3 is 12.6 Å². The molecule has 1 aliphatic heterocycles. The number of ether oxygens (including phenoxy) is 1. The SMILES string of the molecule is CC(NC(=O)N1CCCC(O)C1)c1ccc(OC(F)F)cc1. The predicted molar refractivity (Wildman–Crippen MR) is 76.8 cm³/mol. The van der Waals surface area contributed by atoms with Crippen molar-refractivity contribution in [3.05, 3.63) is 29.8 Å². The van der Waals surface area contributed by atoms with Gasteiger partial charge in [-0.15, -0.1) is 0 Å². The smallest absolute Gasteiger partial charge is 0.387 e. The van der Waals surface area contributed by atoms with Gasteiger partial charge in [0.05, 0.1) is 12.1 Å². The van der Waals surface area contributed by atoms with Gasteiger partial charge in [0.25, 0.3) is 0 Å². The number of halogens is 2. The third-order valence-electron chi connectivity index (χ3n) is 3.63. The highest BCUT2D eigenvalue weighted by molar-refractivity contribution is 5.74. The Morgan fingerprint density at radius 2 is 2.09 bits per heavy atom. The van der Waals surface area contributed by atoms with Crippen LogP contribution < -0.4 is 10.1 Å². The van der Waals surface area contributed by atoms with Gasteiger partial charge in [-0.25, -0.2) is 4.79 Å². The van der Waals surface area contributed by atoms with Gasteiger partial charge in [0.2, 0.25) is 0 Å². The molecule has 1 saturated heterocycles. The molecule has 0 bridgehead atoms. The van der Waals surface area contributed by atoms with Crippen molar-refractivity contribution in [3.8, 4) is 5.75 Å². The number of benzene rings is 1. The fourth-order valence-electron chi connectivity index (χ4n) is 2.44. The molecule has 0 spiro atoms. The standard InChI is InChI=1S/C15H20F2N2O3/c1-10(11-4-6-13(7-5-11)22-14(16)17)18-15(21)19-8-2-3-12(20)9-19/h4-7,10,12,14,20H,2-3,8-9H2,1H3,(H,18,21). The second-order valence-corrected chi connectivity index (χ2v) is 5.36. The lowest BCUT2D eigenvalue weighted by Crippen LogP contribution is -2.47. The Kier molecular flexibility index (Phi) is 5.54. The number of aliphatic hydroxyl groups is 1. The van der Waals surface area contributed by atoms with E-state index >= 15 is 0 Å². The van der Waals surface area contributed by atoms with Gasteiger partial charge in [0, 0.05) is 13.1 Å². The lowest BCUT2D eigenvalue weighted by Gasteiger charge is -2.31. The molecule has 2 N–H and O–H groups in total. The predicted octanol–water partition coefficient (Wildman–Crippen LogP) is 2.52. The van der Waals surface area contributed by atoms with E-state index in [1.807, 2.05) is 0 Å². The molecule has 1 fully saturated rings. The largest absolute Gasteiger partial charge is 0.435 e. The van der Waals surface area contributed by atoms with Crippen LogP contribution in [0, 0.1) is 0 Å². The first kappa shape index (κ1) is 16.5. The number of β-amino-alcohol motifs (C(OH)–C–C–N with tert-alkyl or cyclic N) is 1. The number of amides is 2. The highest BCUT2D eigenvalue weighted by Crippen LogP contribution is 2.19. The molecule has 0 aliphatic carbocycles. The highest BCUT2D eigenvalue weighted by atomic mass is 19.3. The molecule has 5 nitrogen and oxygen atoms in total. The second kappa shape index (κ2) is 7.40. The summed E-state index contributed by atoms with van der Waals surface area (Å²) >= 11 is 0. The molecular weight excluding hydrogens is 294 g/mol. The van der Waals surface area contributed by atoms with E-state index in [1.165, 1.54) is 12.1 Å². The molecule has 22 heavy (non-hydrogen) atoms. The van der Waals surface area contributed by atoms with E-state index < -0.39 is 12.7 Å². The number of carbonyl (C=O) groups excluding carboxylic acids is 1. The molecule has 1 aromatic carbocycles. The first-order valence-corrected chi connectivity index (χ1v) is 7.24. The first-order chi connectivity index (χ1) is 10.5. The minimum Gasteiger partial charge on any atom is -0.435 e. The van der Waals surface area contributed by atoms with Gasteiger partial charge in [-0.05, 0) is 37.5 Å². The molecule has 2 atom stereocenters. The van der Waals surface area contributed by atoms with Crippen molar-refractivity contribution in [2.75, 3.05) is 13.1 Å². The maximum absolute atomic E-state index is 12.1. The average Bonchev–Trinajstić information content (AvgIpc) is 2.47. The molecular formula is C15H20F2N2O3. The molecule has 0 radical (unpaired) electrons. The van der Waals surface area contributed by atoms with Crippen LogP contribution in [-0.2, 0) is 0 Å². The fraction of sp³-hybridized carbons (Fsp3) is 0.533. The van der Waals surface area contributed by atoms with Gasteiger partial charge in [-0.2, -0.15) is 8.78 Å². The van der Waals surface area contributed by atoms with Crippen molar-refractivity contribution in [1.82, 2.24) is 10.2 Å². The summed E-state index contributed by atoms with van der Waals surface area (Å²) in [5, 5.41) is 12.4. The average molecular weight is 314 g/mol. The van der Waals surface area contributed by atoms with E-state index in [9.17, 15) is 18.7 Å². The van der Waals surface area contributed by atoms with Crippen LogP contribution in [0.2, 0.25) is 0 Å². The number of aliphatic hydroxyl groups excluding tert-OH is 1. The number of alkyl halides is 2. The molecule has 122 valence electrons. The fourth-order valence-corrected chi connectivity index (χ4v) is 2.44. The van der Waals surface area contributed by atoms with E-state index in [0.29, 0.717) is 19.5 Å². The monoisotopic (exact) mass is 314 g/mol. The van der Waals surface area contributed by atoms with Gasteiger partial charge in [-0.3, -0.25) is 0 Å². The zero-order valence-electron chi connectivity index (χ0n) is 12.3. The van der Waals surface area contributed by atoms with E-state index in [2.05, 4.69) is 10.1 Å². The summed E-state index contributed by atoms with van der Waals surface area (Å²) in [5.41, 5.74) is 0.785. The zero-order valence-corrected chi connectivity index (χ0v) is 12.3. The second-order valence-electron chi connectivity index (χ2n) is 5.36. The molecule has 7 heteroatoms. The van der Waals surface area contributed by atoms with Crippen LogP contribution in [0.3, 0.4) is 0 Å². The van der Waals surface area contributed by atoms with Crippen LogP contribution in [0.1, 0.15) is 31.4 Å². The Morgan fingerprint density at radius 1 is 1.41 bits per heavy atom. The molecule has 0 saturated carbocycles. The molecule has 2 rings (SSSR count). The van der Waals surface area contributed by atoms with E-state index in [4.69, 9.17) is 0 Å². The summed E-state index contributed by atoms with van der Waals surface area (Å²) in [6.45, 7) is -0.0916. The van der Waals surface area contributed by atoms with Gasteiger partial charge in [0.15, 0.2) is 0 Å². The van der Waals surface area contributed by atoms with Crippen LogP contribution in [0.5, 0.6) is 5.75 Å². The van der Waals surface area contributed by atoms with E-state index in [1.54, 1.807) is 24.0 Å². The van der Waals surface area contributed by atoms with E-state index in [-0.39, 0.29) is 17.8 Å². The number of hydrogen-bond acceptors (Lipinski definition) is 3. The Labute approximate surface area is 127 Å². The summed E-state index contributed by atoms with van der Waals surface area (Å²) in [4.78, 5) is 13.7. The van der Waals surface area contributed by atoms with Crippen molar-refractivity contribution in [2.45, 2.75) is 38.5 Å². The van der Waals surface area contributed by atoms with E-state index in [0.717, 1.165) is 12.0 Å². The minimum atomic E-state index is -2.85. The first-order valence-electron chi connectivity index (χ1n) is 7.24. The molecule has 1 aliphatic rings. The summed E-state index contributed by atoms with van der Waals surface area (Å²) < 4.78 is 28.4. The maximum atomic E-state index is 12.1. The number of piperidine rings is 1. The summed E-state index contributed by atoms with van der Waals surface area (Å²) in [7, 11) is 0. The molecule has 2 unspecified atom stereocenters. The number of hydrogen-bond donors (Lipinski definition) is 2. The Hall–Kier alpha value is -1.89. The normalized spacial score (nSPS) is 19.9. The number of nitrogens with one attached hydrogen (secondary N) is 1. The lowest BCUT2D eigenvalue weighted by molar-refractivity contribution is -0.0498. The zero-order chi connectivity index (χ0) is 16.1. The minimum absolute atomic E-state index is 0.0800. The summed E-state index contributed by atoms with van der Waals surface area (Å²) in [6.07, 6.45) is 1.02. The number of likely N-dealkylation sites (tertiary alicyclic amines) is 1. The van der Waals surface area contributed by atoms with Gasteiger partial charge < -0.3 is 20.1 Å². The Bertz CT molecular complexity index is 496. The van der Waals surface area contributed by atoms with Crippen molar-refractivity contribution < 1.29 is 23.4 Å². The summed E-state index contributed by atoms with van der Waals surface area (Å²) in [6, 6.07) is 5.64. The molecule has 0 aromatic heterocycles. The van der Waals surface area contributed by atoms with Crippen molar-refractivity contribution in [2.24, 2.45) is 0 Å². The van der Waals surface area contributed by atoms with Crippen LogP contribution in [0.4, 0.5) is 13.6 Å². The van der Waals surface area contributed by atoms with Crippen LogP contribution >= 0.6 is 0 Å². The third-order valence-corrected chi connectivity index (χ3v) is 3.63. The molecule has 1 heterocycles. The number of rotatable bonds is 4. The summed E-state index contributed by atoms with van der Waals surface area (Å²) in [5.74, 6) is 0.0800. The number of nitrogens with zero attached hydrogens (tertiary/aromatic N) is 1. The lowest BCUT2D eigenvalue weighted by atomic mass is 10.1. The van der Waals surface area contributed by atoms with Crippen molar-refractivity contribution in [1.29, 1.82) is 0 Å². The van der Waals surface area contributed by atoms with Gasteiger partial charge in [0.1, 0.15) is 5.75 Å². The highest BCUT2D eigenvalue weighted by Gasteiger charge is 2.23. The quantitative estimate of drug-likeness (QED) is 0.897. The number of carbonyl (C=O) groups is 1. The Balaban J connectivity index is 1.90. The Morgan fingerprint density at radius 3 is 2.68 bits per heavy atom. The maximum Gasteiger partial charge on any atom is 0.387 e. The van der Waals surface area contributed by atoms with Crippen molar-refractivity contribution >= 4 is 6.03 Å². The third kappa shape index (κ3) is 4.56. The van der Waals surface area contributed by atoms with Crippen molar-refractivity contribution in [3.63, 3.8) is 0 Å². The van der Waals surface area contributed by atoms with Crippen LogP contribution in [0.25, 0.3) is 0 Å². The topological polar surface area (TPSA) is 61.8 Å². The molecule has 2 amide bonds. The number of urea groups is 1. The molecule has 1 aromatic rings.